The number of nitrogens with one attached hydrogen (secondary N) is 1. The van der Waals surface area contributed by atoms with Gasteiger partial charge in [0.25, 0.3) is 5.91 Å². The molecule has 5 nitrogen and oxygen atoms in total. The quantitative estimate of drug-likeness (QED) is 0.895. The minimum Gasteiger partial charge on any atom is -0.384 e. The summed E-state index contributed by atoms with van der Waals surface area (Å²) in [6.45, 7) is 8.12. The molecular weight excluding hydrogens is 274 g/mol. The number of ether oxygens (including phenoxy) is 1. The first-order valence-electron chi connectivity index (χ1n) is 7.12. The van der Waals surface area contributed by atoms with Crippen molar-refractivity contribution in [3.05, 3.63) is 15.6 Å². The van der Waals surface area contributed by atoms with Crippen molar-refractivity contribution in [1.82, 2.24) is 15.2 Å². The smallest absolute Gasteiger partial charge is 0.265 e. The van der Waals surface area contributed by atoms with E-state index in [0.29, 0.717) is 6.61 Å². The minimum atomic E-state index is 0.136. The number of nitrogens with zero attached hydrogens (tertiary/aromatic N) is 2. The van der Waals surface area contributed by atoms with E-state index >= 15 is 0 Å². The molecule has 1 N–H and O–H groups in total. The SMILES string of the molecule is COCCc1nc(C(C)C)c(C(=O)N2CCNCC2)s1. The van der Waals surface area contributed by atoms with Crippen LogP contribution < -0.4 is 5.32 Å². The summed E-state index contributed by atoms with van der Waals surface area (Å²) in [4.78, 5) is 20.0. The Kier molecular flexibility index (Phi) is 5.51. The Hall–Kier alpha value is -0.980. The summed E-state index contributed by atoms with van der Waals surface area (Å²) in [5.74, 6) is 0.403. The van der Waals surface area contributed by atoms with Gasteiger partial charge in [-0.25, -0.2) is 4.98 Å². The molecule has 0 unspecified atom stereocenters. The van der Waals surface area contributed by atoms with Crippen LogP contribution >= 0.6 is 11.3 Å². The molecule has 1 aliphatic rings. The first-order valence-corrected chi connectivity index (χ1v) is 7.93. The highest BCUT2D eigenvalue weighted by atomic mass is 32.1. The van der Waals surface area contributed by atoms with Gasteiger partial charge in [-0.15, -0.1) is 11.3 Å². The van der Waals surface area contributed by atoms with Gasteiger partial charge in [0.2, 0.25) is 0 Å². The van der Waals surface area contributed by atoms with Gasteiger partial charge in [0.05, 0.1) is 17.3 Å². The van der Waals surface area contributed by atoms with Gasteiger partial charge in [-0.05, 0) is 5.92 Å². The average molecular weight is 297 g/mol. The van der Waals surface area contributed by atoms with E-state index in [1.165, 1.54) is 11.3 Å². The van der Waals surface area contributed by atoms with Crippen LogP contribution in [0.15, 0.2) is 0 Å². The summed E-state index contributed by atoms with van der Waals surface area (Å²) in [5, 5.41) is 4.26. The largest absolute Gasteiger partial charge is 0.384 e. The van der Waals surface area contributed by atoms with Crippen molar-refractivity contribution in [3.63, 3.8) is 0 Å². The first-order chi connectivity index (χ1) is 9.63. The molecule has 1 saturated heterocycles. The zero-order valence-electron chi connectivity index (χ0n) is 12.4. The van der Waals surface area contributed by atoms with E-state index in [9.17, 15) is 4.79 Å². The number of methoxy groups -OCH3 is 1. The molecule has 0 radical (unpaired) electrons. The molecule has 112 valence electrons. The third-order valence-corrected chi connectivity index (χ3v) is 4.48. The number of amides is 1. The molecule has 0 spiro atoms. The fraction of sp³-hybridized carbons (Fsp3) is 0.714. The summed E-state index contributed by atoms with van der Waals surface area (Å²) in [6.07, 6.45) is 0.774. The average Bonchev–Trinajstić information content (AvgIpc) is 2.89. The highest BCUT2D eigenvalue weighted by Gasteiger charge is 2.25. The molecule has 0 aliphatic carbocycles. The van der Waals surface area contributed by atoms with Crippen LogP contribution in [0.5, 0.6) is 0 Å². The molecule has 2 heterocycles. The van der Waals surface area contributed by atoms with Crippen LogP contribution in [0, 0.1) is 0 Å². The van der Waals surface area contributed by atoms with Crippen molar-refractivity contribution < 1.29 is 9.53 Å². The Labute approximate surface area is 124 Å². The lowest BCUT2D eigenvalue weighted by atomic mass is 10.1. The Morgan fingerprint density at radius 2 is 2.15 bits per heavy atom. The third-order valence-electron chi connectivity index (χ3n) is 3.36. The molecule has 1 aliphatic heterocycles. The Bertz CT molecular complexity index is 453. The molecule has 1 amide bonds. The number of rotatable bonds is 5. The Morgan fingerprint density at radius 1 is 1.45 bits per heavy atom. The van der Waals surface area contributed by atoms with E-state index in [1.54, 1.807) is 7.11 Å². The van der Waals surface area contributed by atoms with Gasteiger partial charge in [0, 0.05) is 39.7 Å². The van der Waals surface area contributed by atoms with Gasteiger partial charge in [-0.3, -0.25) is 4.79 Å². The highest BCUT2D eigenvalue weighted by molar-refractivity contribution is 7.13. The van der Waals surface area contributed by atoms with E-state index in [2.05, 4.69) is 24.1 Å². The topological polar surface area (TPSA) is 54.5 Å². The van der Waals surface area contributed by atoms with Crippen molar-refractivity contribution >= 4 is 17.2 Å². The number of carbonyl (C=O) groups excluding carboxylic acids is 1. The summed E-state index contributed by atoms with van der Waals surface area (Å²) < 4.78 is 5.10. The lowest BCUT2D eigenvalue weighted by Gasteiger charge is -2.27. The minimum absolute atomic E-state index is 0.136. The van der Waals surface area contributed by atoms with Crippen molar-refractivity contribution in [1.29, 1.82) is 0 Å². The second-order valence-corrected chi connectivity index (χ2v) is 6.35. The van der Waals surface area contributed by atoms with Gasteiger partial charge in [0.15, 0.2) is 0 Å². The van der Waals surface area contributed by atoms with Crippen molar-refractivity contribution in [2.75, 3.05) is 39.9 Å². The predicted octanol–water partition coefficient (Wildman–Crippen LogP) is 1.50. The molecule has 20 heavy (non-hydrogen) atoms. The van der Waals surface area contributed by atoms with Crippen LogP contribution in [0.2, 0.25) is 0 Å². The molecular formula is C14H23N3O2S. The van der Waals surface area contributed by atoms with Crippen LogP contribution in [-0.4, -0.2) is 55.7 Å². The lowest BCUT2D eigenvalue weighted by molar-refractivity contribution is 0.0739. The van der Waals surface area contributed by atoms with Gasteiger partial charge in [-0.2, -0.15) is 0 Å². The van der Waals surface area contributed by atoms with Gasteiger partial charge >= 0.3 is 0 Å². The van der Waals surface area contributed by atoms with Crippen molar-refractivity contribution in [2.24, 2.45) is 0 Å². The number of piperazine rings is 1. The van der Waals surface area contributed by atoms with Crippen LogP contribution in [0.4, 0.5) is 0 Å². The van der Waals surface area contributed by atoms with Crippen LogP contribution in [0.1, 0.15) is 40.1 Å². The van der Waals surface area contributed by atoms with Crippen molar-refractivity contribution in [3.8, 4) is 0 Å². The third kappa shape index (κ3) is 3.56. The van der Waals surface area contributed by atoms with Crippen LogP contribution in [-0.2, 0) is 11.2 Å². The van der Waals surface area contributed by atoms with Gasteiger partial charge < -0.3 is 15.0 Å². The number of thiazole rings is 1. The Balaban J connectivity index is 2.19. The monoisotopic (exact) mass is 297 g/mol. The Morgan fingerprint density at radius 3 is 2.75 bits per heavy atom. The van der Waals surface area contributed by atoms with E-state index in [0.717, 1.165) is 48.2 Å². The van der Waals surface area contributed by atoms with Gasteiger partial charge in [-0.1, -0.05) is 13.8 Å². The number of aromatic nitrogens is 1. The molecule has 1 fully saturated rings. The zero-order valence-corrected chi connectivity index (χ0v) is 13.3. The number of carbonyl (C=O) groups is 1. The maximum absolute atomic E-state index is 12.6. The maximum atomic E-state index is 12.6. The second kappa shape index (κ2) is 7.15. The number of hydrogen-bond donors (Lipinski definition) is 1. The van der Waals surface area contributed by atoms with E-state index in [4.69, 9.17) is 4.74 Å². The number of hydrogen-bond acceptors (Lipinski definition) is 5. The summed E-state index contributed by atoms with van der Waals surface area (Å²) in [7, 11) is 1.68. The normalized spacial score (nSPS) is 15.9. The highest BCUT2D eigenvalue weighted by Crippen LogP contribution is 2.27. The predicted molar refractivity (Wildman–Crippen MR) is 80.6 cm³/mol. The summed E-state index contributed by atoms with van der Waals surface area (Å²) in [6, 6.07) is 0. The fourth-order valence-electron chi connectivity index (χ4n) is 2.23. The van der Waals surface area contributed by atoms with Crippen LogP contribution in [0.25, 0.3) is 0 Å². The van der Waals surface area contributed by atoms with E-state index in [1.807, 2.05) is 4.90 Å². The fourth-order valence-corrected chi connectivity index (χ4v) is 3.40. The molecule has 6 heteroatoms. The molecule has 0 atom stereocenters. The molecule has 1 aromatic rings. The second-order valence-electron chi connectivity index (χ2n) is 5.26. The van der Waals surface area contributed by atoms with E-state index in [-0.39, 0.29) is 11.8 Å². The summed E-state index contributed by atoms with van der Waals surface area (Å²) >= 11 is 1.53. The molecule has 0 bridgehead atoms. The molecule has 1 aromatic heterocycles. The summed E-state index contributed by atoms with van der Waals surface area (Å²) in [5.41, 5.74) is 0.935. The molecule has 0 saturated carbocycles. The van der Waals surface area contributed by atoms with Crippen molar-refractivity contribution in [2.45, 2.75) is 26.2 Å². The van der Waals surface area contributed by atoms with Crippen LogP contribution in [0.3, 0.4) is 0 Å². The van der Waals surface area contributed by atoms with E-state index < -0.39 is 0 Å². The lowest BCUT2D eigenvalue weighted by Crippen LogP contribution is -2.46. The molecule has 0 aromatic carbocycles. The van der Waals surface area contributed by atoms with Gasteiger partial charge in [0.1, 0.15) is 4.88 Å². The zero-order chi connectivity index (χ0) is 14.5. The maximum Gasteiger partial charge on any atom is 0.265 e. The standard InChI is InChI=1S/C14H23N3O2S/c1-10(2)12-13(20-11(16-12)4-9-19-3)14(18)17-7-5-15-6-8-17/h10,15H,4-9H2,1-3H3. The first kappa shape index (κ1) is 15.4. The molecule has 2 rings (SSSR count).